The highest BCUT2D eigenvalue weighted by atomic mass is 31.2. The van der Waals surface area contributed by atoms with Crippen LogP contribution in [0.3, 0.4) is 0 Å². The first-order valence-electron chi connectivity index (χ1n) is 12.1. The molecule has 0 aliphatic rings. The first kappa shape index (κ1) is 25.5. The van der Waals surface area contributed by atoms with Crippen LogP contribution in [0.4, 0.5) is 0 Å². The molecule has 0 fully saturated rings. The van der Waals surface area contributed by atoms with Gasteiger partial charge >= 0.3 is 0 Å². The second-order valence-electron chi connectivity index (χ2n) is 8.75. The number of hydrogen-bond donors (Lipinski definition) is 0. The van der Waals surface area contributed by atoms with E-state index in [1.807, 2.05) is 0 Å². The lowest BCUT2D eigenvalue weighted by Gasteiger charge is -2.21. The molecule has 38 heavy (non-hydrogen) atoms. The van der Waals surface area contributed by atoms with Crippen LogP contribution >= 0.6 is 14.3 Å². The molecular formula is C32H24O4P2. The Balaban J connectivity index is 1.65. The van der Waals surface area contributed by atoms with Gasteiger partial charge in [-0.05, 0) is 24.3 Å². The average Bonchev–Trinajstić information content (AvgIpc) is 3.01. The zero-order valence-electron chi connectivity index (χ0n) is 20.4. The molecule has 0 amide bonds. The number of rotatable bonds is 8. The Bertz CT molecular complexity index is 1540. The predicted octanol–water partition coefficient (Wildman–Crippen LogP) is 6.00. The van der Waals surface area contributed by atoms with Gasteiger partial charge in [0, 0.05) is 32.3 Å². The van der Waals surface area contributed by atoms with Crippen molar-refractivity contribution in [1.29, 1.82) is 0 Å². The van der Waals surface area contributed by atoms with Gasteiger partial charge in [0.2, 0.25) is 25.3 Å². The first-order valence-corrected chi connectivity index (χ1v) is 15.5. The van der Waals surface area contributed by atoms with Gasteiger partial charge < -0.3 is 9.13 Å². The lowest BCUT2D eigenvalue weighted by atomic mass is 10.2. The van der Waals surface area contributed by atoms with E-state index >= 15 is 0 Å². The number of carbonyl (C=O) groups excluding carboxylic acids is 2. The van der Waals surface area contributed by atoms with E-state index in [1.54, 1.807) is 146 Å². The number of benzene rings is 5. The maximum absolute atomic E-state index is 14.6. The molecule has 0 saturated heterocycles. The molecule has 5 rings (SSSR count). The second kappa shape index (κ2) is 10.7. The SMILES string of the molecule is O=C(c1ccccc1)P(=O)(c1ccccc1)c1ccc(P(=O)(C(=O)c2ccccc2)c2ccccc2)cc1. The summed E-state index contributed by atoms with van der Waals surface area (Å²) < 4.78 is 29.2. The summed E-state index contributed by atoms with van der Waals surface area (Å²) in [7, 11) is -7.55. The smallest absolute Gasteiger partial charge is 0.230 e. The van der Waals surface area contributed by atoms with Gasteiger partial charge in [-0.15, -0.1) is 0 Å². The summed E-state index contributed by atoms with van der Waals surface area (Å²) in [5.41, 5.74) is -0.275. The van der Waals surface area contributed by atoms with E-state index in [4.69, 9.17) is 0 Å². The van der Waals surface area contributed by atoms with Crippen LogP contribution < -0.4 is 21.2 Å². The molecule has 2 atom stereocenters. The highest BCUT2D eigenvalue weighted by Gasteiger charge is 2.39. The third-order valence-electron chi connectivity index (χ3n) is 6.43. The summed E-state index contributed by atoms with van der Waals surface area (Å²) in [5.74, 6) is 0. The summed E-state index contributed by atoms with van der Waals surface area (Å²) in [5, 5.41) is 1.45. The largest absolute Gasteiger partial charge is 0.305 e. The van der Waals surface area contributed by atoms with Crippen LogP contribution in [0.1, 0.15) is 20.7 Å². The Kier molecular flexibility index (Phi) is 7.20. The van der Waals surface area contributed by atoms with Crippen molar-refractivity contribution in [2.45, 2.75) is 0 Å². The van der Waals surface area contributed by atoms with E-state index in [0.29, 0.717) is 32.3 Å². The van der Waals surface area contributed by atoms with Crippen LogP contribution in [0.15, 0.2) is 146 Å². The molecular weight excluding hydrogens is 510 g/mol. The van der Waals surface area contributed by atoms with Gasteiger partial charge in [0.1, 0.15) is 0 Å². The summed E-state index contributed by atoms with van der Waals surface area (Å²) in [6, 6.07) is 40.7. The van der Waals surface area contributed by atoms with Gasteiger partial charge in [0.25, 0.3) is 0 Å². The monoisotopic (exact) mass is 534 g/mol. The zero-order chi connectivity index (χ0) is 26.6. The molecule has 0 spiro atoms. The Morgan fingerprint density at radius 2 is 0.579 bits per heavy atom. The highest BCUT2D eigenvalue weighted by molar-refractivity contribution is 7.94. The van der Waals surface area contributed by atoms with Crippen molar-refractivity contribution in [3.8, 4) is 0 Å². The fourth-order valence-corrected chi connectivity index (χ4v) is 9.32. The summed E-state index contributed by atoms with van der Waals surface area (Å²) >= 11 is 0. The van der Waals surface area contributed by atoms with E-state index in [-0.39, 0.29) is 0 Å². The predicted molar refractivity (Wildman–Crippen MR) is 155 cm³/mol. The molecule has 186 valence electrons. The van der Waals surface area contributed by atoms with E-state index in [1.165, 1.54) is 0 Å². The molecule has 0 radical (unpaired) electrons. The minimum absolute atomic E-state index is 0.313. The molecule has 0 N–H and O–H groups in total. The molecule has 5 aromatic carbocycles. The molecule has 0 aliphatic carbocycles. The third kappa shape index (κ3) is 4.54. The maximum atomic E-state index is 14.6. The Morgan fingerprint density at radius 1 is 0.342 bits per heavy atom. The van der Waals surface area contributed by atoms with Gasteiger partial charge in [0.05, 0.1) is 0 Å². The van der Waals surface area contributed by atoms with Gasteiger partial charge in [-0.25, -0.2) is 0 Å². The van der Waals surface area contributed by atoms with Crippen molar-refractivity contribution in [3.05, 3.63) is 157 Å². The van der Waals surface area contributed by atoms with Crippen molar-refractivity contribution >= 4 is 46.6 Å². The van der Waals surface area contributed by atoms with Crippen LogP contribution in [0, 0.1) is 0 Å². The van der Waals surface area contributed by atoms with E-state index in [2.05, 4.69) is 0 Å². The molecule has 0 saturated carbocycles. The lowest BCUT2D eigenvalue weighted by molar-refractivity contribution is 0.107. The fraction of sp³-hybridized carbons (Fsp3) is 0. The van der Waals surface area contributed by atoms with Gasteiger partial charge in [-0.3, -0.25) is 9.59 Å². The molecule has 5 aromatic rings. The zero-order valence-corrected chi connectivity index (χ0v) is 22.2. The molecule has 0 heterocycles. The van der Waals surface area contributed by atoms with Gasteiger partial charge in [0.15, 0.2) is 0 Å². The van der Waals surface area contributed by atoms with Crippen molar-refractivity contribution in [2.75, 3.05) is 0 Å². The molecule has 6 heteroatoms. The van der Waals surface area contributed by atoms with Crippen molar-refractivity contribution in [1.82, 2.24) is 0 Å². The summed E-state index contributed by atoms with van der Waals surface area (Å²) in [6.45, 7) is 0. The first-order chi connectivity index (χ1) is 18.5. The Morgan fingerprint density at radius 3 is 0.868 bits per heavy atom. The van der Waals surface area contributed by atoms with Crippen LogP contribution in [-0.2, 0) is 9.13 Å². The number of carbonyl (C=O) groups is 2. The molecule has 4 nitrogen and oxygen atoms in total. The fourth-order valence-electron chi connectivity index (χ4n) is 4.44. The second-order valence-corrected chi connectivity index (χ2v) is 14.1. The maximum Gasteiger partial charge on any atom is 0.230 e. The summed E-state index contributed by atoms with van der Waals surface area (Å²) in [4.78, 5) is 27.4. The molecule has 0 bridgehead atoms. The minimum atomic E-state index is -3.78. The Labute approximate surface area is 221 Å². The topological polar surface area (TPSA) is 68.3 Å². The van der Waals surface area contributed by atoms with Crippen molar-refractivity contribution < 1.29 is 18.7 Å². The van der Waals surface area contributed by atoms with Crippen LogP contribution in [0.2, 0.25) is 0 Å². The molecule has 0 aliphatic heterocycles. The minimum Gasteiger partial charge on any atom is -0.305 e. The standard InChI is InChI=1S/C32H24O4P2/c33-31(25-13-5-1-6-14-25)37(35,27-17-9-3-10-18-27)29-21-23-30(24-22-29)38(36,28-19-11-4-12-20-28)32(34)26-15-7-2-8-16-26/h1-24H. The van der Waals surface area contributed by atoms with E-state index in [0.717, 1.165) is 0 Å². The highest BCUT2D eigenvalue weighted by Crippen LogP contribution is 2.49. The Hall–Kier alpha value is -4.10. The van der Waals surface area contributed by atoms with Crippen LogP contribution in [-0.4, -0.2) is 11.0 Å². The van der Waals surface area contributed by atoms with Crippen molar-refractivity contribution in [2.24, 2.45) is 0 Å². The van der Waals surface area contributed by atoms with Gasteiger partial charge in [-0.2, -0.15) is 0 Å². The van der Waals surface area contributed by atoms with Crippen molar-refractivity contribution in [3.63, 3.8) is 0 Å². The lowest BCUT2D eigenvalue weighted by Crippen LogP contribution is -2.26. The normalized spacial score (nSPS) is 14.1. The average molecular weight is 534 g/mol. The summed E-state index contributed by atoms with van der Waals surface area (Å²) in [6.07, 6.45) is 0. The van der Waals surface area contributed by atoms with E-state index in [9.17, 15) is 18.7 Å². The quantitative estimate of drug-likeness (QED) is 0.229. The number of hydrogen-bond acceptors (Lipinski definition) is 4. The van der Waals surface area contributed by atoms with Crippen LogP contribution in [0.5, 0.6) is 0 Å². The van der Waals surface area contributed by atoms with Gasteiger partial charge in [-0.1, -0.05) is 121 Å². The third-order valence-corrected chi connectivity index (χ3v) is 12.2. The molecule has 0 aromatic heterocycles. The molecule has 2 unspecified atom stereocenters. The van der Waals surface area contributed by atoms with Crippen LogP contribution in [0.25, 0.3) is 0 Å². The van der Waals surface area contributed by atoms with E-state index < -0.39 is 25.3 Å².